The van der Waals surface area contributed by atoms with Gasteiger partial charge in [-0.25, -0.2) is 4.79 Å². The second-order valence-electron chi connectivity index (χ2n) is 10.7. The van der Waals surface area contributed by atoms with Crippen molar-refractivity contribution in [3.05, 3.63) is 101 Å². The summed E-state index contributed by atoms with van der Waals surface area (Å²) in [6.07, 6.45) is 10.6. The molecule has 0 radical (unpaired) electrons. The molecule has 4 fully saturated rings. The van der Waals surface area contributed by atoms with E-state index in [9.17, 15) is 4.79 Å². The lowest BCUT2D eigenvalue weighted by Gasteiger charge is -2.57. The molecule has 176 valence electrons. The van der Waals surface area contributed by atoms with Gasteiger partial charge in [0.1, 0.15) is 18.5 Å². The van der Waals surface area contributed by atoms with Gasteiger partial charge in [0, 0.05) is 11.1 Å². The summed E-state index contributed by atoms with van der Waals surface area (Å²) in [5.41, 5.74) is 4.01. The van der Waals surface area contributed by atoms with Gasteiger partial charge in [-0.3, -0.25) is 0 Å². The highest BCUT2D eigenvalue weighted by atomic mass is 16.5. The molecule has 0 aromatic heterocycles. The van der Waals surface area contributed by atoms with E-state index in [4.69, 9.17) is 9.47 Å². The number of rotatable bonds is 5. The minimum atomic E-state index is -0.428. The van der Waals surface area contributed by atoms with Crippen LogP contribution >= 0.6 is 0 Å². The zero-order valence-electron chi connectivity index (χ0n) is 19.9. The fourth-order valence-electron chi connectivity index (χ4n) is 7.09. The van der Waals surface area contributed by atoms with Crippen molar-refractivity contribution in [2.45, 2.75) is 50.5 Å². The molecular formula is C32H30O3. The lowest BCUT2D eigenvalue weighted by molar-refractivity contribution is -0.00648. The van der Waals surface area contributed by atoms with Gasteiger partial charge in [-0.1, -0.05) is 48.5 Å². The van der Waals surface area contributed by atoms with Crippen molar-refractivity contribution in [2.24, 2.45) is 17.8 Å². The highest BCUT2D eigenvalue weighted by Crippen LogP contribution is 2.62. The van der Waals surface area contributed by atoms with Gasteiger partial charge >= 0.3 is 5.97 Å². The van der Waals surface area contributed by atoms with Crippen LogP contribution in [0.4, 0.5) is 0 Å². The fourth-order valence-corrected chi connectivity index (χ4v) is 7.09. The largest absolute Gasteiger partial charge is 0.489 e. The van der Waals surface area contributed by atoms with Crippen LogP contribution in [-0.2, 0) is 16.8 Å². The molecule has 4 aliphatic carbocycles. The Morgan fingerprint density at radius 2 is 1.46 bits per heavy atom. The van der Waals surface area contributed by atoms with Crippen LogP contribution in [-0.4, -0.2) is 5.97 Å². The average molecular weight is 463 g/mol. The van der Waals surface area contributed by atoms with Crippen molar-refractivity contribution in [2.75, 3.05) is 0 Å². The smallest absolute Gasteiger partial charge is 0.352 e. The van der Waals surface area contributed by atoms with E-state index in [0.29, 0.717) is 12.2 Å². The highest BCUT2D eigenvalue weighted by molar-refractivity contribution is 5.90. The lowest BCUT2D eigenvalue weighted by Crippen LogP contribution is -2.48. The topological polar surface area (TPSA) is 35.5 Å². The van der Waals surface area contributed by atoms with Gasteiger partial charge in [0.15, 0.2) is 0 Å². The molecule has 4 aliphatic rings. The molecule has 3 nitrogen and oxygen atoms in total. The zero-order chi connectivity index (χ0) is 23.7. The van der Waals surface area contributed by atoms with Crippen LogP contribution in [0.5, 0.6) is 5.75 Å². The lowest BCUT2D eigenvalue weighted by atomic mass is 9.48. The molecule has 3 heteroatoms. The number of carbonyl (C=O) groups excluding carboxylic acids is 1. The van der Waals surface area contributed by atoms with Crippen molar-refractivity contribution >= 4 is 5.97 Å². The van der Waals surface area contributed by atoms with Gasteiger partial charge in [-0.05, 0) is 104 Å². The Hall–Kier alpha value is -3.51. The SMILES string of the molecule is O=C(OC#Cc1ccc(OCc2ccccc2)c(C23CC4CC(CC(C4)C2)C3)c1)c1ccccc1. The summed E-state index contributed by atoms with van der Waals surface area (Å²) in [7, 11) is 0. The van der Waals surface area contributed by atoms with Crippen LogP contribution in [0, 0.1) is 29.8 Å². The van der Waals surface area contributed by atoms with Gasteiger partial charge in [0.25, 0.3) is 0 Å². The molecule has 0 spiro atoms. The van der Waals surface area contributed by atoms with Crippen molar-refractivity contribution < 1.29 is 14.3 Å². The highest BCUT2D eigenvalue weighted by Gasteiger charge is 2.52. The molecule has 7 rings (SSSR count). The first-order valence-corrected chi connectivity index (χ1v) is 12.8. The Labute approximate surface area is 207 Å². The monoisotopic (exact) mass is 462 g/mol. The molecule has 0 amide bonds. The normalized spacial score (nSPS) is 26.0. The van der Waals surface area contributed by atoms with E-state index in [-0.39, 0.29) is 5.41 Å². The van der Waals surface area contributed by atoms with Crippen molar-refractivity contribution in [1.82, 2.24) is 0 Å². The number of ether oxygens (including phenoxy) is 2. The summed E-state index contributed by atoms with van der Waals surface area (Å²) in [6.45, 7) is 0.555. The Bertz CT molecular complexity index is 1230. The summed E-state index contributed by atoms with van der Waals surface area (Å²) >= 11 is 0. The fraction of sp³-hybridized carbons (Fsp3) is 0.344. The third-order valence-corrected chi connectivity index (χ3v) is 8.17. The molecule has 35 heavy (non-hydrogen) atoms. The Morgan fingerprint density at radius 3 is 2.11 bits per heavy atom. The second kappa shape index (κ2) is 9.27. The van der Waals surface area contributed by atoms with E-state index in [1.165, 1.54) is 49.7 Å². The Balaban J connectivity index is 1.28. The number of hydrogen-bond donors (Lipinski definition) is 0. The van der Waals surface area contributed by atoms with Crippen LogP contribution in [0.15, 0.2) is 78.9 Å². The minimum absolute atomic E-state index is 0.180. The maximum Gasteiger partial charge on any atom is 0.352 e. The first kappa shape index (κ1) is 22.0. The van der Waals surface area contributed by atoms with Gasteiger partial charge < -0.3 is 9.47 Å². The van der Waals surface area contributed by atoms with Crippen LogP contribution in [0.1, 0.15) is 65.6 Å². The van der Waals surface area contributed by atoms with E-state index < -0.39 is 5.97 Å². The second-order valence-corrected chi connectivity index (χ2v) is 10.7. The van der Waals surface area contributed by atoms with E-state index in [1.54, 1.807) is 12.1 Å². The maximum absolute atomic E-state index is 12.3. The third kappa shape index (κ3) is 4.58. The van der Waals surface area contributed by atoms with E-state index >= 15 is 0 Å². The van der Waals surface area contributed by atoms with Gasteiger partial charge in [0.2, 0.25) is 0 Å². The summed E-state index contributed by atoms with van der Waals surface area (Å²) in [5, 5.41) is 0. The van der Waals surface area contributed by atoms with Crippen LogP contribution in [0.25, 0.3) is 0 Å². The molecule has 0 aliphatic heterocycles. The predicted molar refractivity (Wildman–Crippen MR) is 136 cm³/mol. The molecule has 4 bridgehead atoms. The standard InChI is InChI=1S/C32H30O3/c33-31(28-9-5-2-6-10-28)34-14-13-23-11-12-30(35-22-24-7-3-1-4-8-24)29(18-23)32-19-25-15-26(20-32)17-27(16-25)21-32/h1-12,18,25-27H,15-17,19-22H2. The predicted octanol–water partition coefficient (Wildman–Crippen LogP) is 6.90. The maximum atomic E-state index is 12.3. The van der Waals surface area contributed by atoms with Crippen LogP contribution in [0.3, 0.4) is 0 Å². The first-order valence-electron chi connectivity index (χ1n) is 12.8. The van der Waals surface area contributed by atoms with E-state index in [1.807, 2.05) is 42.5 Å². The summed E-state index contributed by atoms with van der Waals surface area (Å²) < 4.78 is 11.7. The van der Waals surface area contributed by atoms with Crippen molar-refractivity contribution in [1.29, 1.82) is 0 Å². The van der Waals surface area contributed by atoms with E-state index in [0.717, 1.165) is 29.1 Å². The molecule has 3 aromatic rings. The van der Waals surface area contributed by atoms with Crippen molar-refractivity contribution in [3.63, 3.8) is 0 Å². The average Bonchev–Trinajstić information content (AvgIpc) is 2.88. The molecule has 4 saturated carbocycles. The Morgan fingerprint density at radius 1 is 0.829 bits per heavy atom. The molecule has 0 atom stereocenters. The van der Waals surface area contributed by atoms with E-state index in [2.05, 4.69) is 36.3 Å². The first-order chi connectivity index (χ1) is 17.2. The summed E-state index contributed by atoms with van der Waals surface area (Å²) in [4.78, 5) is 12.3. The van der Waals surface area contributed by atoms with Crippen molar-refractivity contribution in [3.8, 4) is 17.8 Å². The number of benzene rings is 3. The summed E-state index contributed by atoms with van der Waals surface area (Å²) in [5.74, 6) is 6.13. The van der Waals surface area contributed by atoms with Crippen LogP contribution < -0.4 is 4.74 Å². The summed E-state index contributed by atoms with van der Waals surface area (Å²) in [6, 6.07) is 25.6. The zero-order valence-corrected chi connectivity index (χ0v) is 19.9. The molecular weight excluding hydrogens is 432 g/mol. The molecule has 0 N–H and O–H groups in total. The number of carbonyl (C=O) groups is 1. The molecule has 3 aromatic carbocycles. The minimum Gasteiger partial charge on any atom is -0.489 e. The quantitative estimate of drug-likeness (QED) is 0.306. The number of hydrogen-bond acceptors (Lipinski definition) is 3. The number of esters is 1. The Kier molecular flexibility index (Phi) is 5.82. The van der Waals surface area contributed by atoms with Gasteiger partial charge in [-0.15, -0.1) is 0 Å². The third-order valence-electron chi connectivity index (χ3n) is 8.17. The van der Waals surface area contributed by atoms with Crippen LogP contribution in [0.2, 0.25) is 0 Å². The van der Waals surface area contributed by atoms with Gasteiger partial charge in [-0.2, -0.15) is 0 Å². The molecule has 0 saturated heterocycles. The van der Waals surface area contributed by atoms with Gasteiger partial charge in [0.05, 0.1) is 5.56 Å². The molecule has 0 heterocycles. The molecule has 0 unspecified atom stereocenters.